The first kappa shape index (κ1) is 9.48. The SMILES string of the molecule is CC(NCC1(C)COC1)C(N)=O. The maximum Gasteiger partial charge on any atom is 0.234 e. The number of nitrogens with two attached hydrogens (primary N) is 1. The van der Waals surface area contributed by atoms with Crippen molar-refractivity contribution in [1.29, 1.82) is 0 Å². The zero-order chi connectivity index (χ0) is 9.19. The Labute approximate surface area is 72.5 Å². The van der Waals surface area contributed by atoms with Gasteiger partial charge in [0.1, 0.15) is 0 Å². The molecular weight excluding hydrogens is 156 g/mol. The molecule has 0 radical (unpaired) electrons. The Bertz CT molecular complexity index is 178. The van der Waals surface area contributed by atoms with Crippen molar-refractivity contribution in [3.05, 3.63) is 0 Å². The quantitative estimate of drug-likeness (QED) is 0.600. The topological polar surface area (TPSA) is 64.3 Å². The molecule has 1 atom stereocenters. The molecule has 1 amide bonds. The Kier molecular flexibility index (Phi) is 2.69. The molecule has 1 heterocycles. The average molecular weight is 172 g/mol. The third kappa shape index (κ3) is 2.19. The lowest BCUT2D eigenvalue weighted by atomic mass is 9.88. The fourth-order valence-electron chi connectivity index (χ4n) is 1.05. The Morgan fingerprint density at radius 2 is 2.33 bits per heavy atom. The van der Waals surface area contributed by atoms with Crippen molar-refractivity contribution in [2.75, 3.05) is 19.8 Å². The van der Waals surface area contributed by atoms with Crippen LogP contribution in [0, 0.1) is 5.41 Å². The molecule has 0 spiro atoms. The molecule has 1 aliphatic rings. The lowest BCUT2D eigenvalue weighted by Gasteiger charge is -2.38. The molecule has 1 fully saturated rings. The van der Waals surface area contributed by atoms with E-state index in [1.54, 1.807) is 6.92 Å². The molecule has 1 aliphatic heterocycles. The van der Waals surface area contributed by atoms with Gasteiger partial charge in [-0.15, -0.1) is 0 Å². The van der Waals surface area contributed by atoms with Gasteiger partial charge in [-0.2, -0.15) is 0 Å². The predicted molar refractivity (Wildman–Crippen MR) is 45.6 cm³/mol. The summed E-state index contributed by atoms with van der Waals surface area (Å²) in [6, 6.07) is -0.248. The van der Waals surface area contributed by atoms with Gasteiger partial charge in [-0.1, -0.05) is 6.92 Å². The van der Waals surface area contributed by atoms with Crippen LogP contribution >= 0.6 is 0 Å². The smallest absolute Gasteiger partial charge is 0.234 e. The Morgan fingerprint density at radius 1 is 1.75 bits per heavy atom. The lowest BCUT2D eigenvalue weighted by molar-refractivity contribution is -0.121. The van der Waals surface area contributed by atoms with Crippen LogP contribution in [0.3, 0.4) is 0 Å². The summed E-state index contributed by atoms with van der Waals surface area (Å²) in [5, 5.41) is 3.07. The molecule has 12 heavy (non-hydrogen) atoms. The summed E-state index contributed by atoms with van der Waals surface area (Å²) in [6.07, 6.45) is 0. The summed E-state index contributed by atoms with van der Waals surface area (Å²) in [7, 11) is 0. The van der Waals surface area contributed by atoms with Crippen molar-refractivity contribution in [1.82, 2.24) is 5.32 Å². The normalized spacial score (nSPS) is 22.8. The molecule has 1 rings (SSSR count). The Balaban J connectivity index is 2.20. The monoisotopic (exact) mass is 172 g/mol. The molecule has 0 aromatic rings. The Morgan fingerprint density at radius 3 is 2.67 bits per heavy atom. The van der Waals surface area contributed by atoms with Gasteiger partial charge in [0.05, 0.1) is 19.3 Å². The van der Waals surface area contributed by atoms with E-state index in [2.05, 4.69) is 12.2 Å². The van der Waals surface area contributed by atoms with E-state index in [-0.39, 0.29) is 17.4 Å². The highest BCUT2D eigenvalue weighted by atomic mass is 16.5. The van der Waals surface area contributed by atoms with Crippen LogP contribution < -0.4 is 11.1 Å². The van der Waals surface area contributed by atoms with Gasteiger partial charge in [0.15, 0.2) is 0 Å². The molecule has 0 bridgehead atoms. The van der Waals surface area contributed by atoms with Crippen molar-refractivity contribution in [3.63, 3.8) is 0 Å². The van der Waals surface area contributed by atoms with E-state index >= 15 is 0 Å². The molecule has 0 saturated carbocycles. The number of carbonyl (C=O) groups excluding carboxylic acids is 1. The van der Waals surface area contributed by atoms with E-state index in [1.807, 2.05) is 0 Å². The first-order valence-corrected chi connectivity index (χ1v) is 4.14. The molecule has 0 aromatic heterocycles. The maximum absolute atomic E-state index is 10.7. The number of ether oxygens (including phenoxy) is 1. The fraction of sp³-hybridized carbons (Fsp3) is 0.875. The highest BCUT2D eigenvalue weighted by Crippen LogP contribution is 2.25. The fourth-order valence-corrected chi connectivity index (χ4v) is 1.05. The van der Waals surface area contributed by atoms with Crippen molar-refractivity contribution in [3.8, 4) is 0 Å². The van der Waals surface area contributed by atoms with Crippen molar-refractivity contribution in [2.24, 2.45) is 11.1 Å². The number of hydrogen-bond donors (Lipinski definition) is 2. The Hall–Kier alpha value is -0.610. The zero-order valence-electron chi connectivity index (χ0n) is 7.59. The van der Waals surface area contributed by atoms with E-state index in [9.17, 15) is 4.79 Å². The lowest BCUT2D eigenvalue weighted by Crippen LogP contribution is -2.51. The zero-order valence-corrected chi connectivity index (χ0v) is 7.59. The van der Waals surface area contributed by atoms with Gasteiger partial charge >= 0.3 is 0 Å². The standard InChI is InChI=1S/C8H16N2O2/c1-6(7(9)11)10-3-8(2)4-12-5-8/h6,10H,3-5H2,1-2H3,(H2,9,11). The first-order valence-electron chi connectivity index (χ1n) is 4.14. The number of rotatable bonds is 4. The largest absolute Gasteiger partial charge is 0.380 e. The van der Waals surface area contributed by atoms with Crippen LogP contribution in [-0.2, 0) is 9.53 Å². The van der Waals surface area contributed by atoms with Gasteiger partial charge < -0.3 is 15.8 Å². The van der Waals surface area contributed by atoms with Crippen molar-refractivity contribution in [2.45, 2.75) is 19.9 Å². The third-order valence-electron chi connectivity index (χ3n) is 2.16. The molecule has 0 aliphatic carbocycles. The minimum absolute atomic E-state index is 0.198. The number of hydrogen-bond acceptors (Lipinski definition) is 3. The van der Waals surface area contributed by atoms with Gasteiger partial charge in [-0.25, -0.2) is 0 Å². The van der Waals surface area contributed by atoms with Crippen LogP contribution in [0.1, 0.15) is 13.8 Å². The van der Waals surface area contributed by atoms with E-state index in [0.717, 1.165) is 19.8 Å². The van der Waals surface area contributed by atoms with Crippen LogP contribution in [0.4, 0.5) is 0 Å². The summed E-state index contributed by atoms with van der Waals surface area (Å²) >= 11 is 0. The van der Waals surface area contributed by atoms with Crippen molar-refractivity contribution >= 4 is 5.91 Å². The van der Waals surface area contributed by atoms with Gasteiger partial charge in [0.25, 0.3) is 0 Å². The molecule has 1 saturated heterocycles. The van der Waals surface area contributed by atoms with Gasteiger partial charge in [-0.3, -0.25) is 4.79 Å². The van der Waals surface area contributed by atoms with E-state index in [4.69, 9.17) is 10.5 Å². The van der Waals surface area contributed by atoms with E-state index < -0.39 is 0 Å². The minimum Gasteiger partial charge on any atom is -0.380 e. The van der Waals surface area contributed by atoms with Crippen LogP contribution in [0.25, 0.3) is 0 Å². The summed E-state index contributed by atoms with van der Waals surface area (Å²) in [5.74, 6) is -0.307. The van der Waals surface area contributed by atoms with Crippen LogP contribution in [0.5, 0.6) is 0 Å². The van der Waals surface area contributed by atoms with Crippen LogP contribution in [0.15, 0.2) is 0 Å². The first-order chi connectivity index (χ1) is 5.53. The summed E-state index contributed by atoms with van der Waals surface area (Å²) in [4.78, 5) is 10.7. The van der Waals surface area contributed by atoms with Crippen LogP contribution in [-0.4, -0.2) is 31.7 Å². The molecule has 4 nitrogen and oxygen atoms in total. The van der Waals surface area contributed by atoms with E-state index in [0.29, 0.717) is 0 Å². The molecular formula is C8H16N2O2. The highest BCUT2D eigenvalue weighted by Gasteiger charge is 2.33. The number of amides is 1. The maximum atomic E-state index is 10.7. The number of carbonyl (C=O) groups is 1. The van der Waals surface area contributed by atoms with Crippen molar-refractivity contribution < 1.29 is 9.53 Å². The number of nitrogens with one attached hydrogen (secondary N) is 1. The van der Waals surface area contributed by atoms with E-state index in [1.165, 1.54) is 0 Å². The molecule has 4 heteroatoms. The summed E-state index contributed by atoms with van der Waals surface area (Å²) in [5.41, 5.74) is 5.29. The summed E-state index contributed by atoms with van der Waals surface area (Å²) < 4.78 is 5.07. The van der Waals surface area contributed by atoms with Gasteiger partial charge in [-0.05, 0) is 6.92 Å². The van der Waals surface area contributed by atoms with Gasteiger partial charge in [0, 0.05) is 12.0 Å². The predicted octanol–water partition coefficient (Wildman–Crippen LogP) is -0.514. The average Bonchev–Trinajstić information content (AvgIpc) is 1.96. The number of primary amides is 1. The molecule has 0 aromatic carbocycles. The molecule has 1 unspecified atom stereocenters. The summed E-state index contributed by atoms with van der Waals surface area (Å²) in [6.45, 7) is 6.22. The highest BCUT2D eigenvalue weighted by molar-refractivity contribution is 5.79. The van der Waals surface area contributed by atoms with Gasteiger partial charge in [0.2, 0.25) is 5.91 Å². The third-order valence-corrected chi connectivity index (χ3v) is 2.16. The second-order valence-corrected chi connectivity index (χ2v) is 3.81. The molecule has 3 N–H and O–H groups in total. The molecule has 70 valence electrons. The minimum atomic E-state index is -0.307. The van der Waals surface area contributed by atoms with Crippen LogP contribution in [0.2, 0.25) is 0 Å². The second kappa shape index (κ2) is 3.41. The second-order valence-electron chi connectivity index (χ2n) is 3.81.